The third-order valence-corrected chi connectivity index (χ3v) is 1.03. The Balaban J connectivity index is 0.000000810. The van der Waals surface area contributed by atoms with Crippen molar-refractivity contribution < 1.29 is 29.1 Å². The molecule has 2 nitrogen and oxygen atoms in total. The normalized spacial score (nSPS) is 9.20. The molecular formula is C7H7INO-. The summed E-state index contributed by atoms with van der Waals surface area (Å²) in [5, 5.41) is 11.5. The van der Waals surface area contributed by atoms with Gasteiger partial charge in [0.25, 0.3) is 0 Å². The first-order chi connectivity index (χ1) is 4.43. The maximum atomic E-state index is 9.79. The Labute approximate surface area is 76.6 Å². The van der Waals surface area contributed by atoms with Crippen molar-refractivity contribution in [1.29, 1.82) is 0 Å². The molecule has 0 bridgehead atoms. The lowest BCUT2D eigenvalue weighted by molar-refractivity contribution is -0.366. The fraction of sp³-hybridized carbons (Fsp3) is 0. The summed E-state index contributed by atoms with van der Waals surface area (Å²) in [6.45, 7) is 0. The molecule has 0 aliphatic heterocycles. The van der Waals surface area contributed by atoms with Crippen molar-refractivity contribution in [2.24, 2.45) is 0 Å². The summed E-state index contributed by atoms with van der Waals surface area (Å²) >= 11 is 0. The van der Waals surface area contributed by atoms with E-state index in [-0.39, 0.29) is 24.0 Å². The molecule has 0 atom stereocenters. The molecule has 1 aromatic rings. The highest BCUT2D eigenvalue weighted by atomic mass is 127. The van der Waals surface area contributed by atoms with Crippen LogP contribution < -0.4 is 29.1 Å². The zero-order valence-corrected chi connectivity index (χ0v) is 7.41. The van der Waals surface area contributed by atoms with E-state index in [2.05, 4.69) is 0 Å². The van der Waals surface area contributed by atoms with Crippen molar-refractivity contribution in [3.63, 3.8) is 0 Å². The zero-order valence-electron chi connectivity index (χ0n) is 5.25. The summed E-state index contributed by atoms with van der Waals surface area (Å²) in [4.78, 5) is 0. The summed E-state index contributed by atoms with van der Waals surface area (Å²) in [5.74, 6) is 0. The number of hydrogen-bond donors (Lipinski definition) is 1. The standard InChI is InChI=1S/C7H7NO.HI/c9-8-6-7-4-2-1-3-5-7;/h1-6,8H;1H/p-1. The highest BCUT2D eigenvalue weighted by Gasteiger charge is 1.82. The number of hydrogen-bond acceptors (Lipinski definition) is 1. The predicted octanol–water partition coefficient (Wildman–Crippen LogP) is -3.31. The van der Waals surface area contributed by atoms with Gasteiger partial charge >= 0.3 is 0 Å². The maximum absolute atomic E-state index is 9.79. The van der Waals surface area contributed by atoms with Gasteiger partial charge in [-0.05, 0) is 12.1 Å². The number of nitrogens with one attached hydrogen (secondary N) is 1. The fourth-order valence-corrected chi connectivity index (χ4v) is 0.617. The molecule has 0 spiro atoms. The average molecular weight is 248 g/mol. The van der Waals surface area contributed by atoms with Gasteiger partial charge in [0, 0.05) is 5.56 Å². The van der Waals surface area contributed by atoms with E-state index >= 15 is 0 Å². The average Bonchev–Trinajstić information content (AvgIpc) is 1.91. The minimum Gasteiger partial charge on any atom is -1.00 e. The van der Waals surface area contributed by atoms with E-state index in [0.717, 1.165) is 5.56 Å². The molecule has 0 aromatic heterocycles. The summed E-state index contributed by atoms with van der Waals surface area (Å²) in [7, 11) is 0. The summed E-state index contributed by atoms with van der Waals surface area (Å²) in [6, 6.07) is 9.37. The van der Waals surface area contributed by atoms with Gasteiger partial charge in [-0.25, -0.2) is 5.16 Å². The summed E-state index contributed by atoms with van der Waals surface area (Å²) < 4.78 is 0. The highest BCUT2D eigenvalue weighted by Crippen LogP contribution is 1.90. The second-order valence-electron chi connectivity index (χ2n) is 1.67. The molecule has 3 heteroatoms. The van der Waals surface area contributed by atoms with Crippen LogP contribution in [0.3, 0.4) is 0 Å². The molecule has 1 rings (SSSR count). The molecule has 0 saturated carbocycles. The molecule has 54 valence electrons. The molecule has 1 aromatic carbocycles. The van der Waals surface area contributed by atoms with E-state index < -0.39 is 0 Å². The monoisotopic (exact) mass is 248 g/mol. The molecule has 1 N–H and O–H groups in total. The minimum absolute atomic E-state index is 0. The largest absolute Gasteiger partial charge is 1.00 e. The van der Waals surface area contributed by atoms with Crippen molar-refractivity contribution in [3.05, 3.63) is 41.1 Å². The fourth-order valence-electron chi connectivity index (χ4n) is 0.617. The lowest BCUT2D eigenvalue weighted by Crippen LogP contribution is -3.00. The number of halogens is 1. The molecule has 0 amide bonds. The lowest BCUT2D eigenvalue weighted by Gasteiger charge is -1.84. The third kappa shape index (κ3) is 2.82. The molecule has 0 saturated heterocycles. The van der Waals surface area contributed by atoms with Gasteiger partial charge in [-0.3, -0.25) is 0 Å². The Morgan fingerprint density at radius 2 is 1.80 bits per heavy atom. The third-order valence-electron chi connectivity index (χ3n) is 1.03. The summed E-state index contributed by atoms with van der Waals surface area (Å²) in [5.41, 5.74) is 0.896. The first-order valence-corrected chi connectivity index (χ1v) is 2.69. The first kappa shape index (κ1) is 9.42. The van der Waals surface area contributed by atoms with Crippen molar-refractivity contribution in [2.75, 3.05) is 0 Å². The van der Waals surface area contributed by atoms with Crippen molar-refractivity contribution in [1.82, 2.24) is 0 Å². The Morgan fingerprint density at radius 3 is 2.30 bits per heavy atom. The predicted molar refractivity (Wildman–Crippen MR) is 35.9 cm³/mol. The van der Waals surface area contributed by atoms with Crippen LogP contribution >= 0.6 is 0 Å². The quantitative estimate of drug-likeness (QED) is 0.240. The van der Waals surface area contributed by atoms with Crippen LogP contribution in [0.15, 0.2) is 30.3 Å². The SMILES string of the molecule is [I-].[O-][NH+]=Cc1ccccc1. The van der Waals surface area contributed by atoms with Crippen LogP contribution in [0.25, 0.3) is 0 Å². The molecule has 0 unspecified atom stereocenters. The van der Waals surface area contributed by atoms with Gasteiger partial charge in [-0.15, -0.1) is 0 Å². The van der Waals surface area contributed by atoms with E-state index in [1.165, 1.54) is 6.21 Å². The van der Waals surface area contributed by atoms with Crippen LogP contribution in [0.1, 0.15) is 5.56 Å². The van der Waals surface area contributed by atoms with Crippen LogP contribution in [0.5, 0.6) is 0 Å². The van der Waals surface area contributed by atoms with Gasteiger partial charge in [-0.1, -0.05) is 18.2 Å². The van der Waals surface area contributed by atoms with Crippen LogP contribution in [0.4, 0.5) is 0 Å². The van der Waals surface area contributed by atoms with E-state index in [9.17, 15) is 5.21 Å². The van der Waals surface area contributed by atoms with Crippen LogP contribution in [0.2, 0.25) is 0 Å². The molecule has 0 radical (unpaired) electrons. The van der Waals surface area contributed by atoms with E-state index in [0.29, 0.717) is 0 Å². The van der Waals surface area contributed by atoms with Crippen LogP contribution in [-0.4, -0.2) is 6.21 Å². The van der Waals surface area contributed by atoms with Crippen LogP contribution in [-0.2, 0) is 0 Å². The van der Waals surface area contributed by atoms with E-state index in [4.69, 9.17) is 0 Å². The molecule has 0 fully saturated rings. The van der Waals surface area contributed by atoms with E-state index in [1.54, 1.807) is 5.16 Å². The second kappa shape index (κ2) is 5.22. The van der Waals surface area contributed by atoms with Gasteiger partial charge in [0.2, 0.25) is 0 Å². The Hall–Kier alpha value is -0.580. The maximum Gasteiger partial charge on any atom is 0.179 e. The van der Waals surface area contributed by atoms with Gasteiger partial charge in [0.1, 0.15) is 0 Å². The zero-order chi connectivity index (χ0) is 6.53. The number of benzene rings is 1. The first-order valence-electron chi connectivity index (χ1n) is 2.69. The lowest BCUT2D eigenvalue weighted by atomic mass is 10.2. The van der Waals surface area contributed by atoms with Crippen LogP contribution in [0, 0.1) is 5.21 Å². The molecule has 0 aliphatic carbocycles. The Bertz CT molecular complexity index is 198. The Morgan fingerprint density at radius 1 is 1.20 bits per heavy atom. The molecular weight excluding hydrogens is 241 g/mol. The number of rotatable bonds is 1. The minimum atomic E-state index is 0. The second-order valence-corrected chi connectivity index (χ2v) is 1.67. The van der Waals surface area contributed by atoms with Gasteiger partial charge in [0.05, 0.1) is 0 Å². The van der Waals surface area contributed by atoms with Crippen molar-refractivity contribution >= 4 is 6.21 Å². The Kier molecular flexibility index (Phi) is 4.92. The van der Waals surface area contributed by atoms with Gasteiger partial charge < -0.3 is 29.2 Å². The smallest absolute Gasteiger partial charge is 0.179 e. The van der Waals surface area contributed by atoms with E-state index in [1.807, 2.05) is 30.3 Å². The highest BCUT2D eigenvalue weighted by molar-refractivity contribution is 5.74. The molecule has 0 aliphatic rings. The molecule has 10 heavy (non-hydrogen) atoms. The topological polar surface area (TPSA) is 37.0 Å². The van der Waals surface area contributed by atoms with Gasteiger partial charge in [-0.2, -0.15) is 0 Å². The van der Waals surface area contributed by atoms with Gasteiger partial charge in [0.15, 0.2) is 6.21 Å². The molecule has 0 heterocycles. The van der Waals surface area contributed by atoms with Crippen molar-refractivity contribution in [2.45, 2.75) is 0 Å². The van der Waals surface area contributed by atoms with Crippen molar-refractivity contribution in [3.8, 4) is 0 Å². The summed E-state index contributed by atoms with van der Waals surface area (Å²) in [6.07, 6.45) is 1.40.